The van der Waals surface area contributed by atoms with E-state index in [0.717, 1.165) is 30.0 Å². The molecular weight excluding hydrogens is 224 g/mol. The van der Waals surface area contributed by atoms with Gasteiger partial charge in [0.05, 0.1) is 6.04 Å². The third-order valence-electron chi connectivity index (χ3n) is 3.02. The predicted octanol–water partition coefficient (Wildman–Crippen LogP) is 1.79. The summed E-state index contributed by atoms with van der Waals surface area (Å²) in [5.74, 6) is -0.232. The van der Waals surface area contributed by atoms with Crippen molar-refractivity contribution in [3.8, 4) is 0 Å². The molecule has 1 aromatic rings. The quantitative estimate of drug-likeness (QED) is 0.873. The summed E-state index contributed by atoms with van der Waals surface area (Å²) in [6.45, 7) is 1.62. The number of halogens is 1. The molecule has 3 nitrogen and oxygen atoms in total. The Balaban J connectivity index is 2.10. The average Bonchev–Trinajstić information content (AvgIpc) is 2.69. The maximum absolute atomic E-state index is 11.2. The maximum Gasteiger partial charge on any atom is 0.234 e. The van der Waals surface area contributed by atoms with Gasteiger partial charge in [0.2, 0.25) is 5.91 Å². The van der Waals surface area contributed by atoms with Crippen LogP contribution in [0.25, 0.3) is 0 Å². The number of likely N-dealkylation sites (tertiary alicyclic amines) is 1. The predicted molar refractivity (Wildman–Crippen MR) is 64.1 cm³/mol. The minimum absolute atomic E-state index is 0.128. The molecule has 1 fully saturated rings. The van der Waals surface area contributed by atoms with Crippen molar-refractivity contribution in [3.63, 3.8) is 0 Å². The molecule has 86 valence electrons. The van der Waals surface area contributed by atoms with E-state index in [1.807, 2.05) is 24.3 Å². The number of hydrogen-bond acceptors (Lipinski definition) is 2. The van der Waals surface area contributed by atoms with E-state index in [1.54, 1.807) is 0 Å². The Morgan fingerprint density at radius 3 is 2.94 bits per heavy atom. The largest absolute Gasteiger partial charge is 0.368 e. The van der Waals surface area contributed by atoms with Gasteiger partial charge in [-0.15, -0.1) is 0 Å². The minimum atomic E-state index is -0.232. The van der Waals surface area contributed by atoms with Crippen molar-refractivity contribution < 1.29 is 4.79 Å². The molecule has 0 bridgehead atoms. The van der Waals surface area contributed by atoms with Gasteiger partial charge in [0.1, 0.15) is 0 Å². The number of nitrogens with zero attached hydrogens (tertiary/aromatic N) is 1. The first-order valence-corrected chi connectivity index (χ1v) is 5.83. The lowest BCUT2D eigenvalue weighted by Gasteiger charge is -2.22. The Bertz CT molecular complexity index is 394. The number of nitrogens with two attached hydrogens (primary N) is 1. The molecule has 1 saturated heterocycles. The van der Waals surface area contributed by atoms with Crippen LogP contribution in [0.4, 0.5) is 0 Å². The number of primary amides is 1. The SMILES string of the molecule is NC(=O)C1CCCN1Cc1ccccc1Cl. The van der Waals surface area contributed by atoms with E-state index in [-0.39, 0.29) is 11.9 Å². The molecule has 0 spiro atoms. The van der Waals surface area contributed by atoms with Crippen LogP contribution in [0.2, 0.25) is 5.02 Å². The minimum Gasteiger partial charge on any atom is -0.368 e. The summed E-state index contributed by atoms with van der Waals surface area (Å²) in [5.41, 5.74) is 6.42. The van der Waals surface area contributed by atoms with Crippen molar-refractivity contribution in [3.05, 3.63) is 34.9 Å². The summed E-state index contributed by atoms with van der Waals surface area (Å²) < 4.78 is 0. The Morgan fingerprint density at radius 1 is 1.50 bits per heavy atom. The first-order valence-electron chi connectivity index (χ1n) is 5.45. The van der Waals surface area contributed by atoms with Crippen LogP contribution in [0, 0.1) is 0 Å². The van der Waals surface area contributed by atoms with Gasteiger partial charge in [-0.05, 0) is 31.0 Å². The Morgan fingerprint density at radius 2 is 2.25 bits per heavy atom. The zero-order chi connectivity index (χ0) is 11.5. The summed E-state index contributed by atoms with van der Waals surface area (Å²) in [7, 11) is 0. The standard InChI is InChI=1S/C12H15ClN2O/c13-10-5-2-1-4-9(10)8-15-7-3-6-11(15)12(14)16/h1-2,4-5,11H,3,6-8H2,(H2,14,16). The summed E-state index contributed by atoms with van der Waals surface area (Å²) >= 11 is 6.09. The van der Waals surface area contributed by atoms with Crippen LogP contribution in [-0.2, 0) is 11.3 Å². The molecule has 0 aliphatic carbocycles. The molecule has 0 aromatic heterocycles. The third-order valence-corrected chi connectivity index (χ3v) is 3.39. The average molecular weight is 239 g/mol. The Kier molecular flexibility index (Phi) is 3.46. The highest BCUT2D eigenvalue weighted by Crippen LogP contribution is 2.23. The highest BCUT2D eigenvalue weighted by Gasteiger charge is 2.28. The van der Waals surface area contributed by atoms with Gasteiger partial charge in [-0.2, -0.15) is 0 Å². The second kappa shape index (κ2) is 4.85. The van der Waals surface area contributed by atoms with Crippen LogP contribution < -0.4 is 5.73 Å². The van der Waals surface area contributed by atoms with Crippen LogP contribution in [0.1, 0.15) is 18.4 Å². The van der Waals surface area contributed by atoms with Gasteiger partial charge < -0.3 is 5.73 Å². The molecule has 1 atom stereocenters. The first-order chi connectivity index (χ1) is 7.68. The Labute approximate surface area is 100 Å². The molecule has 1 aliphatic rings. The second-order valence-corrected chi connectivity index (χ2v) is 4.53. The normalized spacial score (nSPS) is 21.2. The van der Waals surface area contributed by atoms with Gasteiger partial charge >= 0.3 is 0 Å². The fourth-order valence-electron chi connectivity index (χ4n) is 2.18. The maximum atomic E-state index is 11.2. The van der Waals surface area contributed by atoms with E-state index >= 15 is 0 Å². The monoisotopic (exact) mass is 238 g/mol. The summed E-state index contributed by atoms with van der Waals surface area (Å²) in [6, 6.07) is 7.58. The first kappa shape index (κ1) is 11.4. The van der Waals surface area contributed by atoms with E-state index in [0.29, 0.717) is 6.54 Å². The molecule has 2 N–H and O–H groups in total. The lowest BCUT2D eigenvalue weighted by atomic mass is 10.2. The lowest BCUT2D eigenvalue weighted by molar-refractivity contribution is -0.122. The highest BCUT2D eigenvalue weighted by atomic mass is 35.5. The number of carbonyl (C=O) groups excluding carboxylic acids is 1. The van der Waals surface area contributed by atoms with Crippen molar-refractivity contribution in [1.29, 1.82) is 0 Å². The van der Waals surface area contributed by atoms with Crippen LogP contribution in [-0.4, -0.2) is 23.4 Å². The summed E-state index contributed by atoms with van der Waals surface area (Å²) in [5, 5.41) is 0.748. The van der Waals surface area contributed by atoms with Gasteiger partial charge in [-0.25, -0.2) is 0 Å². The molecule has 16 heavy (non-hydrogen) atoms. The third kappa shape index (κ3) is 2.36. The highest BCUT2D eigenvalue weighted by molar-refractivity contribution is 6.31. The number of carbonyl (C=O) groups is 1. The van der Waals surface area contributed by atoms with E-state index < -0.39 is 0 Å². The molecule has 0 radical (unpaired) electrons. The smallest absolute Gasteiger partial charge is 0.234 e. The molecule has 2 rings (SSSR count). The van der Waals surface area contributed by atoms with Gasteiger partial charge in [0, 0.05) is 11.6 Å². The van der Waals surface area contributed by atoms with E-state index in [4.69, 9.17) is 17.3 Å². The zero-order valence-electron chi connectivity index (χ0n) is 9.03. The van der Waals surface area contributed by atoms with Gasteiger partial charge in [-0.1, -0.05) is 29.8 Å². The number of rotatable bonds is 3. The van der Waals surface area contributed by atoms with Gasteiger partial charge in [-0.3, -0.25) is 9.69 Å². The van der Waals surface area contributed by atoms with Crippen molar-refractivity contribution in [2.45, 2.75) is 25.4 Å². The molecular formula is C12H15ClN2O. The topological polar surface area (TPSA) is 46.3 Å². The molecule has 4 heteroatoms. The number of amides is 1. The van der Waals surface area contributed by atoms with Crippen molar-refractivity contribution >= 4 is 17.5 Å². The van der Waals surface area contributed by atoms with E-state index in [9.17, 15) is 4.79 Å². The van der Waals surface area contributed by atoms with Crippen LogP contribution in [0.3, 0.4) is 0 Å². The van der Waals surface area contributed by atoms with E-state index in [1.165, 1.54) is 0 Å². The second-order valence-electron chi connectivity index (χ2n) is 4.12. The lowest BCUT2D eigenvalue weighted by Crippen LogP contribution is -2.39. The summed E-state index contributed by atoms with van der Waals surface area (Å²) in [6.07, 6.45) is 1.89. The molecule has 1 amide bonds. The molecule has 0 saturated carbocycles. The molecule has 1 heterocycles. The number of hydrogen-bond donors (Lipinski definition) is 1. The fraction of sp³-hybridized carbons (Fsp3) is 0.417. The fourth-order valence-corrected chi connectivity index (χ4v) is 2.38. The van der Waals surface area contributed by atoms with Crippen molar-refractivity contribution in [1.82, 2.24) is 4.90 Å². The van der Waals surface area contributed by atoms with Crippen molar-refractivity contribution in [2.75, 3.05) is 6.54 Å². The van der Waals surface area contributed by atoms with E-state index in [2.05, 4.69) is 4.90 Å². The number of benzene rings is 1. The van der Waals surface area contributed by atoms with Crippen LogP contribution in [0.5, 0.6) is 0 Å². The summed E-state index contributed by atoms with van der Waals surface area (Å²) in [4.78, 5) is 13.3. The molecule has 1 aliphatic heterocycles. The van der Waals surface area contributed by atoms with Gasteiger partial charge in [0.15, 0.2) is 0 Å². The molecule has 1 unspecified atom stereocenters. The van der Waals surface area contributed by atoms with Gasteiger partial charge in [0.25, 0.3) is 0 Å². The Hall–Kier alpha value is -1.06. The van der Waals surface area contributed by atoms with Crippen LogP contribution in [0.15, 0.2) is 24.3 Å². The molecule has 1 aromatic carbocycles. The van der Waals surface area contributed by atoms with Crippen LogP contribution >= 0.6 is 11.6 Å². The zero-order valence-corrected chi connectivity index (χ0v) is 9.78. The van der Waals surface area contributed by atoms with Crippen molar-refractivity contribution in [2.24, 2.45) is 5.73 Å².